The first kappa shape index (κ1) is 36.2. The van der Waals surface area contributed by atoms with Crippen LogP contribution in [0.3, 0.4) is 0 Å². The van der Waals surface area contributed by atoms with E-state index in [-0.39, 0.29) is 0 Å². The molecular formula is C60H37N3O. The maximum atomic E-state index is 6.75. The van der Waals surface area contributed by atoms with Gasteiger partial charge in [-0.15, -0.1) is 0 Å². The highest BCUT2D eigenvalue weighted by molar-refractivity contribution is 6.13. The van der Waals surface area contributed by atoms with Gasteiger partial charge in [0.1, 0.15) is 11.5 Å². The quantitative estimate of drug-likeness (QED) is 0.162. The lowest BCUT2D eigenvalue weighted by Crippen LogP contribution is -2.32. The van der Waals surface area contributed by atoms with E-state index in [0.717, 1.165) is 89.4 Å². The summed E-state index contributed by atoms with van der Waals surface area (Å²) in [5, 5.41) is 3.45. The van der Waals surface area contributed by atoms with Crippen molar-refractivity contribution in [2.24, 2.45) is 0 Å². The number of para-hydroxylation sites is 3. The first-order chi connectivity index (χ1) is 31.7. The molecule has 9 aromatic carbocycles. The van der Waals surface area contributed by atoms with Gasteiger partial charge >= 0.3 is 0 Å². The molecule has 0 saturated heterocycles. The van der Waals surface area contributed by atoms with E-state index >= 15 is 0 Å². The van der Waals surface area contributed by atoms with Crippen molar-refractivity contribution in [3.8, 4) is 78.9 Å². The highest BCUT2D eigenvalue weighted by Gasteiger charge is 2.51. The Labute approximate surface area is 370 Å². The molecule has 4 nitrogen and oxygen atoms in total. The summed E-state index contributed by atoms with van der Waals surface area (Å²) < 4.78 is 6.75. The fourth-order valence-corrected chi connectivity index (χ4v) is 10.2. The van der Waals surface area contributed by atoms with Crippen LogP contribution < -0.4 is 4.74 Å². The average molecular weight is 816 g/mol. The summed E-state index contributed by atoms with van der Waals surface area (Å²) in [5.74, 6) is 2.44. The molecule has 2 aliphatic rings. The van der Waals surface area contributed by atoms with Crippen LogP contribution in [0.25, 0.3) is 89.1 Å². The number of hydrogen-bond donors (Lipinski definition) is 0. The van der Waals surface area contributed by atoms with Crippen molar-refractivity contribution in [2.45, 2.75) is 5.41 Å². The third-order valence-electron chi connectivity index (χ3n) is 13.1. The summed E-state index contributed by atoms with van der Waals surface area (Å²) in [7, 11) is 0. The summed E-state index contributed by atoms with van der Waals surface area (Å²) in [4.78, 5) is 15.5. The van der Waals surface area contributed by atoms with Crippen molar-refractivity contribution in [2.75, 3.05) is 0 Å². The summed E-state index contributed by atoms with van der Waals surface area (Å²) in [6.45, 7) is 0. The molecular weight excluding hydrogens is 779 g/mol. The maximum absolute atomic E-state index is 6.75. The van der Waals surface area contributed by atoms with Crippen LogP contribution in [0.4, 0.5) is 0 Å². The fourth-order valence-electron chi connectivity index (χ4n) is 10.2. The predicted molar refractivity (Wildman–Crippen MR) is 259 cm³/mol. The molecule has 0 atom stereocenters. The van der Waals surface area contributed by atoms with Crippen molar-refractivity contribution in [1.82, 2.24) is 15.0 Å². The van der Waals surface area contributed by atoms with Gasteiger partial charge in [-0.1, -0.05) is 182 Å². The fraction of sp³-hybridized carbons (Fsp3) is 0.0167. The number of ether oxygens (including phenoxy) is 1. The maximum Gasteiger partial charge on any atom is 0.160 e. The topological polar surface area (TPSA) is 47.9 Å². The van der Waals surface area contributed by atoms with Crippen LogP contribution in [0, 0.1) is 0 Å². The Bertz CT molecular complexity index is 3520. The SMILES string of the molecule is c1ccc(-c2cc(-c3ccc(-c4ccc5c(c4)C4(c6ccccc6Oc6ccccc64)c4cc6c(cc4-5)c(-c4ccccc4)nc4ccccc46)cc3)nc(-c3ccccc3)n2)cc1. The Kier molecular flexibility index (Phi) is 8.09. The Balaban J connectivity index is 1.02. The van der Waals surface area contributed by atoms with Crippen LogP contribution in [0.1, 0.15) is 22.3 Å². The van der Waals surface area contributed by atoms with Crippen molar-refractivity contribution in [3.63, 3.8) is 0 Å². The predicted octanol–water partition coefficient (Wildman–Crippen LogP) is 15.0. The van der Waals surface area contributed by atoms with E-state index in [1.165, 1.54) is 27.6 Å². The van der Waals surface area contributed by atoms with Gasteiger partial charge in [0, 0.05) is 44.2 Å². The summed E-state index contributed by atoms with van der Waals surface area (Å²) in [5.41, 5.74) is 16.7. The Hall–Kier alpha value is -8.47. The second-order valence-electron chi connectivity index (χ2n) is 16.7. The zero-order valence-corrected chi connectivity index (χ0v) is 34.6. The van der Waals surface area contributed by atoms with E-state index in [2.05, 4.69) is 188 Å². The summed E-state index contributed by atoms with van der Waals surface area (Å²) in [6, 6.07) is 79.7. The minimum Gasteiger partial charge on any atom is -0.457 e. The lowest BCUT2D eigenvalue weighted by atomic mass is 9.65. The molecule has 0 amide bonds. The van der Waals surface area contributed by atoms with E-state index in [1.807, 2.05) is 36.4 Å². The van der Waals surface area contributed by atoms with Crippen molar-refractivity contribution < 1.29 is 4.74 Å². The van der Waals surface area contributed by atoms with E-state index in [1.54, 1.807) is 0 Å². The smallest absolute Gasteiger partial charge is 0.160 e. The first-order valence-corrected chi connectivity index (χ1v) is 21.8. The third-order valence-corrected chi connectivity index (χ3v) is 13.1. The number of rotatable bonds is 5. The van der Waals surface area contributed by atoms with Gasteiger partial charge in [-0.2, -0.15) is 0 Å². The molecule has 64 heavy (non-hydrogen) atoms. The number of nitrogens with zero attached hydrogens (tertiary/aromatic N) is 3. The summed E-state index contributed by atoms with van der Waals surface area (Å²) in [6.07, 6.45) is 0. The van der Waals surface area contributed by atoms with Gasteiger partial charge in [-0.25, -0.2) is 15.0 Å². The molecule has 0 saturated carbocycles. The molecule has 13 rings (SSSR count). The van der Waals surface area contributed by atoms with Crippen molar-refractivity contribution in [3.05, 3.63) is 247 Å². The molecule has 1 aliphatic heterocycles. The second-order valence-corrected chi connectivity index (χ2v) is 16.7. The van der Waals surface area contributed by atoms with E-state index < -0.39 is 5.41 Å². The minimum atomic E-state index is -0.653. The molecule has 3 heterocycles. The minimum absolute atomic E-state index is 0.653. The Morgan fingerprint density at radius 2 is 0.844 bits per heavy atom. The van der Waals surface area contributed by atoms with Crippen LogP contribution >= 0.6 is 0 Å². The van der Waals surface area contributed by atoms with Gasteiger partial charge in [0.05, 0.1) is 28.0 Å². The van der Waals surface area contributed by atoms with Gasteiger partial charge < -0.3 is 4.74 Å². The molecule has 1 spiro atoms. The molecule has 1 aliphatic carbocycles. The van der Waals surface area contributed by atoms with Gasteiger partial charge in [0.25, 0.3) is 0 Å². The number of pyridine rings is 1. The Morgan fingerprint density at radius 3 is 1.53 bits per heavy atom. The molecule has 11 aromatic rings. The van der Waals surface area contributed by atoms with E-state index in [4.69, 9.17) is 19.7 Å². The van der Waals surface area contributed by atoms with Gasteiger partial charge in [0.15, 0.2) is 5.82 Å². The van der Waals surface area contributed by atoms with Crippen LogP contribution in [0.15, 0.2) is 224 Å². The van der Waals surface area contributed by atoms with Gasteiger partial charge in [-0.3, -0.25) is 0 Å². The highest BCUT2D eigenvalue weighted by atomic mass is 16.5. The molecule has 4 heteroatoms. The standard InChI is InChI=1S/C60H37N3O/c1-4-16-39(17-5-1)54-37-55(63-59(62-54)42-20-8-3-9-21-42)40-30-28-38(29-31-40)43-32-33-44-47-35-48-46(45-22-10-13-25-53(45)61-58(48)41-18-6-2-7-19-41)36-52(47)60(51(44)34-43)49-23-11-14-26-56(49)64-57-27-15-12-24-50(57)60/h1-37H. The van der Waals surface area contributed by atoms with Gasteiger partial charge in [0.2, 0.25) is 0 Å². The molecule has 0 unspecified atom stereocenters. The van der Waals surface area contributed by atoms with Crippen molar-refractivity contribution in [1.29, 1.82) is 0 Å². The average Bonchev–Trinajstić information content (AvgIpc) is 3.65. The number of hydrogen-bond acceptors (Lipinski definition) is 4. The van der Waals surface area contributed by atoms with Crippen LogP contribution in [-0.4, -0.2) is 15.0 Å². The number of fused-ring (bicyclic) bond motifs is 12. The molecule has 2 aromatic heterocycles. The number of benzene rings is 9. The third kappa shape index (κ3) is 5.52. The second kappa shape index (κ2) is 14.3. The molecule has 0 fully saturated rings. The van der Waals surface area contributed by atoms with Crippen LogP contribution in [0.5, 0.6) is 11.5 Å². The Morgan fingerprint density at radius 1 is 0.312 bits per heavy atom. The highest BCUT2D eigenvalue weighted by Crippen LogP contribution is 2.63. The van der Waals surface area contributed by atoms with Gasteiger partial charge in [-0.05, 0) is 81.2 Å². The van der Waals surface area contributed by atoms with E-state index in [9.17, 15) is 0 Å². The van der Waals surface area contributed by atoms with Crippen molar-refractivity contribution >= 4 is 21.7 Å². The lowest BCUT2D eigenvalue weighted by molar-refractivity contribution is 0.436. The monoisotopic (exact) mass is 815 g/mol. The molecule has 298 valence electrons. The zero-order chi connectivity index (χ0) is 42.2. The largest absolute Gasteiger partial charge is 0.457 e. The number of aromatic nitrogens is 3. The molecule has 0 N–H and O–H groups in total. The molecule has 0 bridgehead atoms. The first-order valence-electron chi connectivity index (χ1n) is 21.8. The summed E-state index contributed by atoms with van der Waals surface area (Å²) >= 11 is 0. The molecule has 0 radical (unpaired) electrons. The normalized spacial score (nSPS) is 12.9. The van der Waals surface area contributed by atoms with E-state index in [0.29, 0.717) is 5.82 Å². The zero-order valence-electron chi connectivity index (χ0n) is 34.6. The van der Waals surface area contributed by atoms with Crippen LogP contribution in [0.2, 0.25) is 0 Å². The van der Waals surface area contributed by atoms with Crippen LogP contribution in [-0.2, 0) is 5.41 Å². The lowest BCUT2D eigenvalue weighted by Gasteiger charge is -2.39.